The van der Waals surface area contributed by atoms with Crippen LogP contribution in [0.4, 0.5) is 5.69 Å². The second-order valence-corrected chi connectivity index (χ2v) is 7.30. The second-order valence-electron chi connectivity index (χ2n) is 5.65. The molecule has 0 fully saturated rings. The van der Waals surface area contributed by atoms with Crippen LogP contribution in [0, 0.1) is 6.92 Å². The van der Waals surface area contributed by atoms with Gasteiger partial charge in [-0.15, -0.1) is 0 Å². The number of carbonyl (C=O) groups is 1. The zero-order valence-corrected chi connectivity index (χ0v) is 14.9. The van der Waals surface area contributed by atoms with Gasteiger partial charge in [0.2, 0.25) is 0 Å². The number of aromatic nitrogens is 2. The summed E-state index contributed by atoms with van der Waals surface area (Å²) in [5, 5.41) is 0. The summed E-state index contributed by atoms with van der Waals surface area (Å²) >= 11 is 0. The molecule has 26 heavy (non-hydrogen) atoms. The fraction of sp³-hybridized carbons (Fsp3) is 0.176. The fourth-order valence-electron chi connectivity index (χ4n) is 2.56. The number of hydrogen-bond acceptors (Lipinski definition) is 5. The van der Waals surface area contributed by atoms with Crippen LogP contribution in [0.15, 0.2) is 46.1 Å². The van der Waals surface area contributed by atoms with E-state index in [1.807, 2.05) is 0 Å². The Kier molecular flexibility index (Phi) is 4.56. The van der Waals surface area contributed by atoms with Gasteiger partial charge in [0, 0.05) is 5.69 Å². The van der Waals surface area contributed by atoms with Crippen LogP contribution in [0.3, 0.4) is 0 Å². The number of benzene rings is 2. The van der Waals surface area contributed by atoms with Crippen LogP contribution in [0.2, 0.25) is 0 Å². The Morgan fingerprint density at radius 1 is 1.12 bits per heavy atom. The molecule has 0 radical (unpaired) electrons. The Bertz CT molecular complexity index is 1130. The molecule has 0 saturated heterocycles. The molecule has 3 N–H and O–H groups in total. The Balaban J connectivity index is 1.90. The molecule has 0 amide bonds. The van der Waals surface area contributed by atoms with Crippen molar-refractivity contribution in [2.75, 3.05) is 11.3 Å². The third-order valence-electron chi connectivity index (χ3n) is 3.75. The number of imidazole rings is 1. The molecule has 1 aromatic heterocycles. The van der Waals surface area contributed by atoms with E-state index in [-0.39, 0.29) is 11.5 Å². The van der Waals surface area contributed by atoms with E-state index in [4.69, 9.17) is 4.74 Å². The minimum atomic E-state index is -3.87. The molecule has 8 nitrogen and oxygen atoms in total. The van der Waals surface area contributed by atoms with Gasteiger partial charge in [-0.05, 0) is 55.8 Å². The minimum Gasteiger partial charge on any atom is -0.462 e. The molecule has 3 aromatic rings. The van der Waals surface area contributed by atoms with E-state index in [9.17, 15) is 18.0 Å². The molecule has 1 heterocycles. The number of nitrogens with one attached hydrogen (secondary N) is 3. The molecule has 0 aliphatic rings. The van der Waals surface area contributed by atoms with Gasteiger partial charge < -0.3 is 14.7 Å². The van der Waals surface area contributed by atoms with Crippen LogP contribution in [0.25, 0.3) is 11.0 Å². The van der Waals surface area contributed by atoms with Gasteiger partial charge in [-0.25, -0.2) is 18.0 Å². The highest BCUT2D eigenvalue weighted by Gasteiger charge is 2.19. The van der Waals surface area contributed by atoms with Crippen molar-refractivity contribution in [3.05, 3.63) is 58.0 Å². The Morgan fingerprint density at radius 3 is 2.35 bits per heavy atom. The highest BCUT2D eigenvalue weighted by molar-refractivity contribution is 7.92. The molecule has 0 aliphatic heterocycles. The van der Waals surface area contributed by atoms with Crippen LogP contribution >= 0.6 is 0 Å². The summed E-state index contributed by atoms with van der Waals surface area (Å²) in [7, 11) is -3.87. The smallest absolute Gasteiger partial charge is 0.338 e. The summed E-state index contributed by atoms with van der Waals surface area (Å²) in [5.41, 5.74) is 1.65. The SMILES string of the molecule is CCOC(=O)c1ccc(NS(=O)(=O)c2cc3[nH]c(=O)[nH]c3cc2C)cc1. The Hall–Kier alpha value is -3.07. The number of esters is 1. The molecule has 136 valence electrons. The van der Waals surface area contributed by atoms with E-state index in [1.165, 1.54) is 30.3 Å². The normalized spacial score (nSPS) is 11.5. The summed E-state index contributed by atoms with van der Waals surface area (Å²) < 4.78 is 32.7. The number of aryl methyl sites for hydroxylation is 1. The molecular formula is C17H17N3O5S. The number of ether oxygens (including phenoxy) is 1. The molecular weight excluding hydrogens is 358 g/mol. The largest absolute Gasteiger partial charge is 0.462 e. The van der Waals surface area contributed by atoms with Gasteiger partial charge in [0.05, 0.1) is 28.1 Å². The van der Waals surface area contributed by atoms with Crippen LogP contribution in [0.1, 0.15) is 22.8 Å². The fourth-order valence-corrected chi connectivity index (χ4v) is 3.87. The molecule has 9 heteroatoms. The summed E-state index contributed by atoms with van der Waals surface area (Å²) in [6.07, 6.45) is 0. The van der Waals surface area contributed by atoms with Gasteiger partial charge in [0.1, 0.15) is 0 Å². The number of fused-ring (bicyclic) bond motifs is 1. The first kappa shape index (κ1) is 17.7. The Labute approximate surface area is 149 Å². The van der Waals surface area contributed by atoms with Gasteiger partial charge in [0.15, 0.2) is 0 Å². The van der Waals surface area contributed by atoms with Crippen molar-refractivity contribution < 1.29 is 17.9 Å². The third kappa shape index (κ3) is 3.47. The van der Waals surface area contributed by atoms with Crippen molar-refractivity contribution in [3.63, 3.8) is 0 Å². The van der Waals surface area contributed by atoms with Crippen molar-refractivity contribution in [2.45, 2.75) is 18.7 Å². The highest BCUT2D eigenvalue weighted by Crippen LogP contribution is 2.23. The van der Waals surface area contributed by atoms with Crippen LogP contribution in [0.5, 0.6) is 0 Å². The lowest BCUT2D eigenvalue weighted by molar-refractivity contribution is 0.0526. The van der Waals surface area contributed by atoms with Crippen LogP contribution < -0.4 is 10.4 Å². The van der Waals surface area contributed by atoms with Gasteiger partial charge in [-0.3, -0.25) is 4.72 Å². The summed E-state index contributed by atoms with van der Waals surface area (Å²) in [4.78, 5) is 28.2. The number of anilines is 1. The lowest BCUT2D eigenvalue weighted by Gasteiger charge is -2.11. The van der Waals surface area contributed by atoms with Crippen molar-refractivity contribution >= 4 is 32.7 Å². The van der Waals surface area contributed by atoms with E-state index >= 15 is 0 Å². The third-order valence-corrected chi connectivity index (χ3v) is 5.27. The first-order valence-corrected chi connectivity index (χ1v) is 9.31. The zero-order valence-electron chi connectivity index (χ0n) is 14.1. The number of H-pyrrole nitrogens is 2. The maximum atomic E-state index is 12.7. The first-order valence-electron chi connectivity index (χ1n) is 7.83. The average Bonchev–Trinajstić information content (AvgIpc) is 2.93. The van der Waals surface area contributed by atoms with E-state index in [0.717, 1.165) is 0 Å². The van der Waals surface area contributed by atoms with Gasteiger partial charge in [-0.1, -0.05) is 0 Å². The lowest BCUT2D eigenvalue weighted by atomic mass is 10.2. The van der Waals surface area contributed by atoms with Crippen molar-refractivity contribution in [1.29, 1.82) is 0 Å². The molecule has 0 bridgehead atoms. The van der Waals surface area contributed by atoms with Crippen LogP contribution in [-0.2, 0) is 14.8 Å². The van der Waals surface area contributed by atoms with E-state index in [2.05, 4.69) is 14.7 Å². The van der Waals surface area contributed by atoms with Crippen LogP contribution in [-0.4, -0.2) is 31.0 Å². The molecule has 0 saturated carbocycles. The summed E-state index contributed by atoms with van der Waals surface area (Å²) in [6.45, 7) is 3.61. The summed E-state index contributed by atoms with van der Waals surface area (Å²) in [6, 6.07) is 8.92. The summed E-state index contributed by atoms with van der Waals surface area (Å²) in [5.74, 6) is -0.473. The van der Waals surface area contributed by atoms with E-state index < -0.39 is 21.7 Å². The topological polar surface area (TPSA) is 121 Å². The standard InChI is InChI=1S/C17H17N3O5S/c1-3-25-16(21)11-4-6-12(7-5-11)20-26(23,24)15-9-14-13(8-10(15)2)18-17(22)19-14/h4-9,20H,3H2,1-2H3,(H2,18,19,22). The predicted octanol–water partition coefficient (Wildman–Crippen LogP) is 2.14. The number of aromatic amines is 2. The number of carbonyl (C=O) groups excluding carboxylic acids is 1. The van der Waals surface area contributed by atoms with Crippen molar-refractivity contribution in [1.82, 2.24) is 9.97 Å². The monoisotopic (exact) mass is 375 g/mol. The van der Waals surface area contributed by atoms with Gasteiger partial charge in [0.25, 0.3) is 10.0 Å². The maximum absolute atomic E-state index is 12.7. The quantitative estimate of drug-likeness (QED) is 0.590. The number of sulfonamides is 1. The molecule has 0 atom stereocenters. The van der Waals surface area contributed by atoms with Crippen molar-refractivity contribution in [3.8, 4) is 0 Å². The Morgan fingerprint density at radius 2 is 1.73 bits per heavy atom. The van der Waals surface area contributed by atoms with E-state index in [1.54, 1.807) is 19.9 Å². The molecule has 0 unspecified atom stereocenters. The number of rotatable bonds is 5. The predicted molar refractivity (Wildman–Crippen MR) is 96.9 cm³/mol. The maximum Gasteiger partial charge on any atom is 0.338 e. The van der Waals surface area contributed by atoms with Crippen molar-refractivity contribution in [2.24, 2.45) is 0 Å². The molecule has 0 spiro atoms. The lowest BCUT2D eigenvalue weighted by Crippen LogP contribution is -2.14. The molecule has 0 aliphatic carbocycles. The number of hydrogen-bond donors (Lipinski definition) is 3. The molecule has 3 rings (SSSR count). The molecule has 2 aromatic carbocycles. The first-order chi connectivity index (χ1) is 12.3. The van der Waals surface area contributed by atoms with E-state index in [0.29, 0.717) is 27.8 Å². The van der Waals surface area contributed by atoms with Gasteiger partial charge >= 0.3 is 11.7 Å². The average molecular weight is 375 g/mol. The minimum absolute atomic E-state index is 0.0507. The van der Waals surface area contributed by atoms with Gasteiger partial charge in [-0.2, -0.15) is 0 Å². The second kappa shape index (κ2) is 6.68. The zero-order chi connectivity index (χ0) is 18.9. The highest BCUT2D eigenvalue weighted by atomic mass is 32.2.